The maximum atomic E-state index is 12.8. The quantitative estimate of drug-likeness (QED) is 0.854. The smallest absolute Gasteiger partial charge is 0.246 e. The molecular formula is C16H22N4O4S. The van der Waals surface area contributed by atoms with Crippen LogP contribution in [0.2, 0.25) is 0 Å². The molecule has 136 valence electrons. The van der Waals surface area contributed by atoms with E-state index >= 15 is 0 Å². The second-order valence-electron chi connectivity index (χ2n) is 6.13. The lowest BCUT2D eigenvalue weighted by molar-refractivity contribution is -0.132. The SMILES string of the molecule is Cc1n[nH]c(C)c1S(=O)(=O)N1CCN(C(=O)CCc2ccco2)CC1. The molecule has 1 amide bonds. The van der Waals surface area contributed by atoms with Crippen molar-refractivity contribution in [1.82, 2.24) is 19.4 Å². The molecule has 0 spiro atoms. The van der Waals surface area contributed by atoms with Gasteiger partial charge in [0.2, 0.25) is 15.9 Å². The van der Waals surface area contributed by atoms with Gasteiger partial charge in [-0.25, -0.2) is 8.42 Å². The molecular weight excluding hydrogens is 344 g/mol. The van der Waals surface area contributed by atoms with E-state index in [1.807, 2.05) is 6.07 Å². The average molecular weight is 366 g/mol. The van der Waals surface area contributed by atoms with Crippen molar-refractivity contribution in [3.8, 4) is 0 Å². The fourth-order valence-corrected chi connectivity index (χ4v) is 4.82. The summed E-state index contributed by atoms with van der Waals surface area (Å²) in [6, 6.07) is 3.64. The molecule has 0 atom stereocenters. The molecule has 0 radical (unpaired) electrons. The van der Waals surface area contributed by atoms with E-state index in [2.05, 4.69) is 10.2 Å². The molecule has 1 aliphatic heterocycles. The summed E-state index contributed by atoms with van der Waals surface area (Å²) in [7, 11) is -3.59. The Labute approximate surface area is 146 Å². The van der Waals surface area contributed by atoms with Crippen LogP contribution in [0.15, 0.2) is 27.7 Å². The van der Waals surface area contributed by atoms with Crippen molar-refractivity contribution in [3.63, 3.8) is 0 Å². The van der Waals surface area contributed by atoms with Crippen molar-refractivity contribution < 1.29 is 17.6 Å². The fraction of sp³-hybridized carbons (Fsp3) is 0.500. The monoisotopic (exact) mass is 366 g/mol. The number of aromatic nitrogens is 2. The van der Waals surface area contributed by atoms with Crippen molar-refractivity contribution in [3.05, 3.63) is 35.5 Å². The predicted octanol–water partition coefficient (Wildman–Crippen LogP) is 1.09. The standard InChI is InChI=1S/C16H22N4O4S/c1-12-16(13(2)18-17-12)25(22,23)20-9-7-19(8-10-20)15(21)6-5-14-4-3-11-24-14/h3-4,11H,5-10H2,1-2H3,(H,17,18). The minimum atomic E-state index is -3.59. The second-order valence-corrected chi connectivity index (χ2v) is 8.00. The Morgan fingerprint density at radius 1 is 1.28 bits per heavy atom. The summed E-state index contributed by atoms with van der Waals surface area (Å²) in [5.41, 5.74) is 1.00. The van der Waals surface area contributed by atoms with Crippen LogP contribution in [0.5, 0.6) is 0 Å². The lowest BCUT2D eigenvalue weighted by Crippen LogP contribution is -2.50. The van der Waals surface area contributed by atoms with E-state index in [4.69, 9.17) is 4.42 Å². The van der Waals surface area contributed by atoms with Gasteiger partial charge in [0, 0.05) is 39.0 Å². The number of nitrogens with one attached hydrogen (secondary N) is 1. The van der Waals surface area contributed by atoms with Crippen molar-refractivity contribution in [2.24, 2.45) is 0 Å². The molecule has 1 fully saturated rings. The largest absolute Gasteiger partial charge is 0.469 e. The number of H-pyrrole nitrogens is 1. The number of hydrogen-bond donors (Lipinski definition) is 1. The zero-order valence-electron chi connectivity index (χ0n) is 14.4. The highest BCUT2D eigenvalue weighted by molar-refractivity contribution is 7.89. The normalized spacial score (nSPS) is 16.3. The summed E-state index contributed by atoms with van der Waals surface area (Å²) in [6.07, 6.45) is 2.50. The van der Waals surface area contributed by atoms with E-state index in [9.17, 15) is 13.2 Å². The Morgan fingerprint density at radius 2 is 2.00 bits per heavy atom. The Bertz CT molecular complexity index is 814. The van der Waals surface area contributed by atoms with Gasteiger partial charge in [-0.1, -0.05) is 0 Å². The first kappa shape index (κ1) is 17.7. The van der Waals surface area contributed by atoms with Crippen LogP contribution in [0, 0.1) is 13.8 Å². The highest BCUT2D eigenvalue weighted by Gasteiger charge is 2.33. The summed E-state index contributed by atoms with van der Waals surface area (Å²) in [5.74, 6) is 0.796. The molecule has 1 N–H and O–H groups in total. The number of carbonyl (C=O) groups excluding carboxylic acids is 1. The van der Waals surface area contributed by atoms with E-state index in [0.717, 1.165) is 5.76 Å². The molecule has 0 aromatic carbocycles. The first-order valence-electron chi connectivity index (χ1n) is 8.21. The molecule has 25 heavy (non-hydrogen) atoms. The fourth-order valence-electron chi connectivity index (χ4n) is 3.07. The van der Waals surface area contributed by atoms with Gasteiger partial charge >= 0.3 is 0 Å². The van der Waals surface area contributed by atoms with Gasteiger partial charge in [-0.15, -0.1) is 0 Å². The first-order chi connectivity index (χ1) is 11.9. The second kappa shape index (κ2) is 7.01. The zero-order valence-corrected chi connectivity index (χ0v) is 15.2. The van der Waals surface area contributed by atoms with Gasteiger partial charge in [-0.05, 0) is 26.0 Å². The van der Waals surface area contributed by atoms with E-state index in [-0.39, 0.29) is 10.8 Å². The Hall–Kier alpha value is -2.13. The van der Waals surface area contributed by atoms with Gasteiger partial charge in [0.05, 0.1) is 17.7 Å². The third-order valence-electron chi connectivity index (χ3n) is 4.42. The van der Waals surface area contributed by atoms with Crippen molar-refractivity contribution in [2.45, 2.75) is 31.6 Å². The highest BCUT2D eigenvalue weighted by atomic mass is 32.2. The lowest BCUT2D eigenvalue weighted by Gasteiger charge is -2.34. The Balaban J connectivity index is 1.59. The summed E-state index contributed by atoms with van der Waals surface area (Å²) in [6.45, 7) is 4.74. The highest BCUT2D eigenvalue weighted by Crippen LogP contribution is 2.22. The number of piperazine rings is 1. The minimum absolute atomic E-state index is 0.0177. The average Bonchev–Trinajstić information content (AvgIpc) is 3.22. The van der Waals surface area contributed by atoms with Crippen LogP contribution in [0.3, 0.4) is 0 Å². The van der Waals surface area contributed by atoms with E-state index in [0.29, 0.717) is 50.4 Å². The van der Waals surface area contributed by atoms with Crippen LogP contribution >= 0.6 is 0 Å². The van der Waals surface area contributed by atoms with Gasteiger partial charge in [0.25, 0.3) is 0 Å². The lowest BCUT2D eigenvalue weighted by atomic mass is 10.2. The van der Waals surface area contributed by atoms with Gasteiger partial charge in [-0.3, -0.25) is 9.89 Å². The van der Waals surface area contributed by atoms with Crippen molar-refractivity contribution in [2.75, 3.05) is 26.2 Å². The zero-order chi connectivity index (χ0) is 18.0. The van der Waals surface area contributed by atoms with Crippen molar-refractivity contribution in [1.29, 1.82) is 0 Å². The predicted molar refractivity (Wildman–Crippen MR) is 90.4 cm³/mol. The molecule has 8 nitrogen and oxygen atoms in total. The number of hydrogen-bond acceptors (Lipinski definition) is 5. The van der Waals surface area contributed by atoms with Crippen LogP contribution in [-0.2, 0) is 21.2 Å². The molecule has 0 aliphatic carbocycles. The number of nitrogens with zero attached hydrogens (tertiary/aromatic N) is 3. The molecule has 0 unspecified atom stereocenters. The van der Waals surface area contributed by atoms with Crippen LogP contribution in [-0.4, -0.2) is 59.9 Å². The van der Waals surface area contributed by atoms with Gasteiger partial charge in [0.15, 0.2) is 0 Å². The van der Waals surface area contributed by atoms with Crippen LogP contribution < -0.4 is 0 Å². The molecule has 1 aliphatic rings. The molecule has 3 rings (SSSR count). The van der Waals surface area contributed by atoms with E-state index in [1.54, 1.807) is 31.1 Å². The van der Waals surface area contributed by atoms with Gasteiger partial charge in [0.1, 0.15) is 10.7 Å². The third-order valence-corrected chi connectivity index (χ3v) is 6.58. The Kier molecular flexibility index (Phi) is 4.96. The Morgan fingerprint density at radius 3 is 2.56 bits per heavy atom. The molecule has 1 saturated heterocycles. The maximum absolute atomic E-state index is 12.8. The summed E-state index contributed by atoms with van der Waals surface area (Å²) in [5, 5.41) is 6.67. The number of amides is 1. The summed E-state index contributed by atoms with van der Waals surface area (Å²) >= 11 is 0. The molecule has 0 saturated carbocycles. The number of aromatic amines is 1. The van der Waals surface area contributed by atoms with Gasteiger partial charge in [-0.2, -0.15) is 9.40 Å². The first-order valence-corrected chi connectivity index (χ1v) is 9.65. The topological polar surface area (TPSA) is 99.5 Å². The van der Waals surface area contributed by atoms with Crippen LogP contribution in [0.1, 0.15) is 23.6 Å². The van der Waals surface area contributed by atoms with Crippen LogP contribution in [0.4, 0.5) is 0 Å². The van der Waals surface area contributed by atoms with Crippen molar-refractivity contribution >= 4 is 15.9 Å². The minimum Gasteiger partial charge on any atom is -0.469 e. The molecule has 2 aromatic heterocycles. The third kappa shape index (κ3) is 3.62. The van der Waals surface area contributed by atoms with Crippen LogP contribution in [0.25, 0.3) is 0 Å². The molecule has 9 heteroatoms. The molecule has 2 aromatic rings. The number of carbonyl (C=O) groups is 1. The number of aryl methyl sites for hydroxylation is 3. The van der Waals surface area contributed by atoms with E-state index < -0.39 is 10.0 Å². The van der Waals surface area contributed by atoms with E-state index in [1.165, 1.54) is 4.31 Å². The number of sulfonamides is 1. The summed E-state index contributed by atoms with van der Waals surface area (Å²) < 4.78 is 32.2. The number of furan rings is 1. The summed E-state index contributed by atoms with van der Waals surface area (Å²) in [4.78, 5) is 14.2. The molecule has 0 bridgehead atoms. The number of rotatable bonds is 5. The maximum Gasteiger partial charge on any atom is 0.246 e. The molecule has 3 heterocycles. The van der Waals surface area contributed by atoms with Gasteiger partial charge < -0.3 is 9.32 Å².